The Labute approximate surface area is 119 Å². The van der Waals surface area contributed by atoms with E-state index in [4.69, 9.17) is 5.73 Å². The molecule has 20 heavy (non-hydrogen) atoms. The summed E-state index contributed by atoms with van der Waals surface area (Å²) in [5, 5.41) is 9.26. The molecule has 0 aliphatic rings. The number of benzene rings is 2. The molecule has 2 aromatic carbocycles. The summed E-state index contributed by atoms with van der Waals surface area (Å²) in [4.78, 5) is 11.3. The highest BCUT2D eigenvalue weighted by molar-refractivity contribution is 5.89. The second-order valence-corrected chi connectivity index (χ2v) is 5.17. The van der Waals surface area contributed by atoms with Gasteiger partial charge in [0, 0.05) is 5.69 Å². The van der Waals surface area contributed by atoms with Crippen LogP contribution in [0.2, 0.25) is 0 Å². The molecule has 0 fully saturated rings. The molecule has 3 nitrogen and oxygen atoms in total. The van der Waals surface area contributed by atoms with E-state index in [-0.39, 0.29) is 0 Å². The summed E-state index contributed by atoms with van der Waals surface area (Å²) in [6.45, 7) is 6.02. The van der Waals surface area contributed by atoms with Crippen molar-refractivity contribution in [2.75, 3.05) is 5.73 Å². The summed E-state index contributed by atoms with van der Waals surface area (Å²) in [5.41, 5.74) is 12.4. The molecule has 0 aliphatic carbocycles. The van der Waals surface area contributed by atoms with Gasteiger partial charge in [-0.3, -0.25) is 0 Å². The Bertz CT molecular complexity index is 675. The van der Waals surface area contributed by atoms with Gasteiger partial charge in [-0.1, -0.05) is 24.3 Å². The number of carboxylic acids is 1. The minimum absolute atomic E-state index is 0.352. The predicted octanol–water partition coefficient (Wildman–Crippen LogP) is 3.48. The van der Waals surface area contributed by atoms with Crippen molar-refractivity contribution < 1.29 is 9.90 Å². The largest absolute Gasteiger partial charge is 0.478 e. The molecular weight excluding hydrogens is 250 g/mol. The van der Waals surface area contributed by atoms with Crippen molar-refractivity contribution in [1.29, 1.82) is 0 Å². The van der Waals surface area contributed by atoms with E-state index in [1.54, 1.807) is 12.1 Å². The highest BCUT2D eigenvalue weighted by Crippen LogP contribution is 2.27. The molecule has 0 amide bonds. The van der Waals surface area contributed by atoms with Gasteiger partial charge < -0.3 is 10.8 Å². The highest BCUT2D eigenvalue weighted by atomic mass is 16.4. The Morgan fingerprint density at radius 2 is 1.80 bits per heavy atom. The number of carboxylic acid groups (broad SMARTS) is 1. The third-order valence-electron chi connectivity index (χ3n) is 3.81. The van der Waals surface area contributed by atoms with Crippen LogP contribution >= 0.6 is 0 Å². The van der Waals surface area contributed by atoms with E-state index in [9.17, 15) is 9.90 Å². The van der Waals surface area contributed by atoms with Gasteiger partial charge in [0.15, 0.2) is 0 Å². The molecule has 0 heterocycles. The van der Waals surface area contributed by atoms with Crippen LogP contribution < -0.4 is 5.73 Å². The van der Waals surface area contributed by atoms with E-state index < -0.39 is 5.97 Å². The maximum Gasteiger partial charge on any atom is 0.335 e. The van der Waals surface area contributed by atoms with Crippen molar-refractivity contribution in [3.05, 3.63) is 63.7 Å². The van der Waals surface area contributed by atoms with E-state index in [1.165, 1.54) is 0 Å². The van der Waals surface area contributed by atoms with E-state index in [1.807, 2.05) is 32.9 Å². The predicted molar refractivity (Wildman–Crippen MR) is 81.3 cm³/mol. The fourth-order valence-electron chi connectivity index (χ4n) is 2.59. The number of rotatable bonds is 3. The van der Waals surface area contributed by atoms with Crippen LogP contribution in [0, 0.1) is 20.8 Å². The normalized spacial score (nSPS) is 10.6. The van der Waals surface area contributed by atoms with E-state index in [0.29, 0.717) is 12.0 Å². The van der Waals surface area contributed by atoms with Crippen molar-refractivity contribution in [2.45, 2.75) is 27.2 Å². The van der Waals surface area contributed by atoms with Crippen molar-refractivity contribution >= 4 is 11.7 Å². The Morgan fingerprint density at radius 3 is 2.45 bits per heavy atom. The fraction of sp³-hybridized carbons (Fsp3) is 0.235. The van der Waals surface area contributed by atoms with Gasteiger partial charge >= 0.3 is 5.97 Å². The second kappa shape index (κ2) is 5.37. The SMILES string of the molecule is Cc1cc(C)c(Cc2ccccc2C(=O)O)c(C)c1N. The molecule has 3 N–H and O–H groups in total. The van der Waals surface area contributed by atoms with Crippen molar-refractivity contribution in [3.63, 3.8) is 0 Å². The Kier molecular flexibility index (Phi) is 3.79. The summed E-state index contributed by atoms with van der Waals surface area (Å²) in [5.74, 6) is -0.893. The van der Waals surface area contributed by atoms with Gasteiger partial charge in [0.2, 0.25) is 0 Å². The molecule has 0 bridgehead atoms. The van der Waals surface area contributed by atoms with Crippen LogP contribution in [-0.2, 0) is 6.42 Å². The first-order valence-corrected chi connectivity index (χ1v) is 6.58. The van der Waals surface area contributed by atoms with E-state index in [2.05, 4.69) is 6.07 Å². The molecular formula is C17H19NO2. The highest BCUT2D eigenvalue weighted by Gasteiger charge is 2.14. The Morgan fingerprint density at radius 1 is 1.15 bits per heavy atom. The average Bonchev–Trinajstić information content (AvgIpc) is 2.41. The molecule has 0 radical (unpaired) electrons. The summed E-state index contributed by atoms with van der Waals surface area (Å²) in [6, 6.07) is 9.17. The Balaban J connectivity index is 2.51. The lowest BCUT2D eigenvalue weighted by Gasteiger charge is -2.15. The molecule has 2 rings (SSSR count). The lowest BCUT2D eigenvalue weighted by molar-refractivity contribution is 0.0696. The monoisotopic (exact) mass is 269 g/mol. The standard InChI is InChI=1S/C17H19NO2/c1-10-8-11(2)16(18)12(3)15(10)9-13-6-4-5-7-14(13)17(19)20/h4-8H,9,18H2,1-3H3,(H,19,20). The molecule has 0 spiro atoms. The average molecular weight is 269 g/mol. The molecule has 2 aromatic rings. The molecule has 104 valence electrons. The molecule has 0 saturated carbocycles. The topological polar surface area (TPSA) is 63.3 Å². The van der Waals surface area contributed by atoms with Crippen molar-refractivity contribution in [3.8, 4) is 0 Å². The maximum absolute atomic E-state index is 11.3. The van der Waals surface area contributed by atoms with Crippen LogP contribution in [0.25, 0.3) is 0 Å². The van der Waals surface area contributed by atoms with Crippen LogP contribution in [0.5, 0.6) is 0 Å². The first-order chi connectivity index (χ1) is 9.41. The number of anilines is 1. The quantitative estimate of drug-likeness (QED) is 0.838. The first-order valence-electron chi connectivity index (χ1n) is 6.58. The van der Waals surface area contributed by atoms with Gasteiger partial charge in [0.1, 0.15) is 0 Å². The Hall–Kier alpha value is -2.29. The molecule has 0 atom stereocenters. The van der Waals surface area contributed by atoms with E-state index in [0.717, 1.165) is 33.5 Å². The summed E-state index contributed by atoms with van der Waals surface area (Å²) >= 11 is 0. The number of aryl methyl sites for hydroxylation is 2. The third-order valence-corrected chi connectivity index (χ3v) is 3.81. The van der Waals surface area contributed by atoms with Gasteiger partial charge in [-0.15, -0.1) is 0 Å². The number of hydrogen-bond acceptors (Lipinski definition) is 2. The molecule has 0 aliphatic heterocycles. The number of aromatic carboxylic acids is 1. The van der Waals surface area contributed by atoms with Crippen LogP contribution in [0.15, 0.2) is 30.3 Å². The summed E-state index contributed by atoms with van der Waals surface area (Å²) in [6.07, 6.45) is 0.588. The van der Waals surface area contributed by atoms with Gasteiger partial charge in [-0.2, -0.15) is 0 Å². The number of carbonyl (C=O) groups is 1. The third kappa shape index (κ3) is 2.52. The van der Waals surface area contributed by atoms with Crippen molar-refractivity contribution in [1.82, 2.24) is 0 Å². The lowest BCUT2D eigenvalue weighted by Crippen LogP contribution is -2.06. The van der Waals surface area contributed by atoms with E-state index >= 15 is 0 Å². The summed E-state index contributed by atoms with van der Waals surface area (Å²) < 4.78 is 0. The zero-order valence-corrected chi connectivity index (χ0v) is 12.0. The molecule has 0 unspecified atom stereocenters. The molecule has 3 heteroatoms. The van der Waals surface area contributed by atoms with Crippen molar-refractivity contribution in [2.24, 2.45) is 0 Å². The van der Waals surface area contributed by atoms with Gasteiger partial charge in [0.25, 0.3) is 0 Å². The number of nitrogen functional groups attached to an aromatic ring is 1. The van der Waals surface area contributed by atoms with Crippen LogP contribution in [0.1, 0.15) is 38.2 Å². The zero-order chi connectivity index (χ0) is 14.9. The molecule has 0 aromatic heterocycles. The minimum Gasteiger partial charge on any atom is -0.478 e. The lowest BCUT2D eigenvalue weighted by atomic mass is 9.91. The summed E-state index contributed by atoms with van der Waals surface area (Å²) in [7, 11) is 0. The zero-order valence-electron chi connectivity index (χ0n) is 12.0. The number of hydrogen-bond donors (Lipinski definition) is 2. The first kappa shape index (κ1) is 14.1. The minimum atomic E-state index is -0.893. The van der Waals surface area contributed by atoms with Crippen LogP contribution in [0.3, 0.4) is 0 Å². The maximum atomic E-state index is 11.3. The van der Waals surface area contributed by atoms with Gasteiger partial charge in [-0.05, 0) is 61.1 Å². The van der Waals surface area contributed by atoms with Gasteiger partial charge in [0.05, 0.1) is 5.56 Å². The van der Waals surface area contributed by atoms with Gasteiger partial charge in [-0.25, -0.2) is 4.79 Å². The smallest absolute Gasteiger partial charge is 0.335 e. The number of nitrogens with two attached hydrogens (primary N) is 1. The second-order valence-electron chi connectivity index (χ2n) is 5.17. The van der Waals surface area contributed by atoms with Crippen LogP contribution in [0.4, 0.5) is 5.69 Å². The van der Waals surface area contributed by atoms with Crippen LogP contribution in [-0.4, -0.2) is 11.1 Å². The fourth-order valence-corrected chi connectivity index (χ4v) is 2.59. The molecule has 0 saturated heterocycles.